The largest absolute Gasteiger partial charge is 0.478 e. The molecule has 0 saturated heterocycles. The Labute approximate surface area is 100 Å². The Morgan fingerprint density at radius 1 is 1.53 bits per heavy atom. The van der Waals surface area contributed by atoms with Crippen LogP contribution in [0.1, 0.15) is 16.1 Å². The van der Waals surface area contributed by atoms with E-state index in [2.05, 4.69) is 14.9 Å². The van der Waals surface area contributed by atoms with E-state index in [1.807, 2.05) is 0 Å². The van der Waals surface area contributed by atoms with Crippen molar-refractivity contribution >= 4 is 23.2 Å². The van der Waals surface area contributed by atoms with Crippen molar-refractivity contribution in [1.29, 1.82) is 0 Å². The molecule has 1 aromatic heterocycles. The molecule has 2 N–H and O–H groups in total. The fourth-order valence-corrected chi connectivity index (χ4v) is 1.70. The zero-order valence-corrected chi connectivity index (χ0v) is 9.37. The third kappa shape index (κ3) is 2.76. The van der Waals surface area contributed by atoms with E-state index in [1.54, 1.807) is 5.38 Å². The summed E-state index contributed by atoms with van der Waals surface area (Å²) < 4.78 is 16.8. The van der Waals surface area contributed by atoms with Crippen molar-refractivity contribution in [3.63, 3.8) is 0 Å². The second-order valence-electron chi connectivity index (χ2n) is 3.25. The lowest BCUT2D eigenvalue weighted by Gasteiger charge is -2.05. The van der Waals surface area contributed by atoms with Crippen molar-refractivity contribution in [3.8, 4) is 0 Å². The molecule has 0 amide bonds. The number of nitrogens with one attached hydrogen (secondary N) is 1. The van der Waals surface area contributed by atoms with Gasteiger partial charge < -0.3 is 10.4 Å². The van der Waals surface area contributed by atoms with E-state index < -0.39 is 11.8 Å². The van der Waals surface area contributed by atoms with Gasteiger partial charge in [0.2, 0.25) is 0 Å². The number of carboxylic acid groups (broad SMARTS) is 1. The molecule has 0 spiro atoms. The minimum atomic E-state index is -1.29. The summed E-state index contributed by atoms with van der Waals surface area (Å²) in [6.45, 7) is 0.418. The molecule has 0 atom stereocenters. The number of carboxylic acids is 1. The molecule has 0 fully saturated rings. The molecular formula is C10H8FN3O2S. The summed E-state index contributed by atoms with van der Waals surface area (Å²) in [6.07, 6.45) is 0. The molecule has 0 aliphatic rings. The highest BCUT2D eigenvalue weighted by Gasteiger charge is 2.10. The highest BCUT2D eigenvalue weighted by Crippen LogP contribution is 2.15. The molecule has 0 saturated carbocycles. The van der Waals surface area contributed by atoms with Crippen molar-refractivity contribution in [3.05, 3.63) is 40.7 Å². The first-order valence-corrected chi connectivity index (χ1v) is 5.53. The zero-order valence-electron chi connectivity index (χ0n) is 8.55. The van der Waals surface area contributed by atoms with E-state index in [-0.39, 0.29) is 5.56 Å². The molecule has 2 rings (SSSR count). The first kappa shape index (κ1) is 11.5. The van der Waals surface area contributed by atoms with Gasteiger partial charge in [-0.3, -0.25) is 0 Å². The Hall–Kier alpha value is -2.02. The van der Waals surface area contributed by atoms with Crippen LogP contribution in [0, 0.1) is 5.82 Å². The summed E-state index contributed by atoms with van der Waals surface area (Å²) in [6, 6.07) is 3.84. The predicted octanol–water partition coefficient (Wildman–Crippen LogP) is 1.99. The van der Waals surface area contributed by atoms with Gasteiger partial charge in [-0.15, -0.1) is 5.10 Å². The van der Waals surface area contributed by atoms with Gasteiger partial charge in [0.15, 0.2) is 0 Å². The highest BCUT2D eigenvalue weighted by molar-refractivity contribution is 7.03. The lowest BCUT2D eigenvalue weighted by atomic mass is 10.2. The Kier molecular flexibility index (Phi) is 3.29. The monoisotopic (exact) mass is 253 g/mol. The Morgan fingerprint density at radius 2 is 2.35 bits per heavy atom. The summed E-state index contributed by atoms with van der Waals surface area (Å²) in [5.74, 6) is -2.04. The zero-order chi connectivity index (χ0) is 12.3. The van der Waals surface area contributed by atoms with Crippen LogP contribution in [0.15, 0.2) is 23.6 Å². The molecule has 0 bridgehead atoms. The lowest BCUT2D eigenvalue weighted by Crippen LogP contribution is -2.04. The average molecular weight is 253 g/mol. The van der Waals surface area contributed by atoms with Gasteiger partial charge in [0, 0.05) is 11.1 Å². The van der Waals surface area contributed by atoms with Crippen LogP contribution >= 0.6 is 11.5 Å². The predicted molar refractivity (Wildman–Crippen MR) is 60.6 cm³/mol. The molecule has 0 unspecified atom stereocenters. The first-order chi connectivity index (χ1) is 8.16. The summed E-state index contributed by atoms with van der Waals surface area (Å²) in [5.41, 5.74) is 0.916. The number of halogens is 1. The normalized spacial score (nSPS) is 10.2. The summed E-state index contributed by atoms with van der Waals surface area (Å²) >= 11 is 1.23. The van der Waals surface area contributed by atoms with Crippen LogP contribution in [0.2, 0.25) is 0 Å². The van der Waals surface area contributed by atoms with Gasteiger partial charge in [-0.2, -0.15) is 0 Å². The Bertz CT molecular complexity index is 530. The first-order valence-electron chi connectivity index (χ1n) is 4.69. The van der Waals surface area contributed by atoms with Gasteiger partial charge in [-0.05, 0) is 29.7 Å². The topological polar surface area (TPSA) is 75.1 Å². The molecule has 2 aromatic rings. The summed E-state index contributed by atoms with van der Waals surface area (Å²) in [5, 5.41) is 17.3. The molecule has 0 radical (unpaired) electrons. The lowest BCUT2D eigenvalue weighted by molar-refractivity contribution is 0.0692. The van der Waals surface area contributed by atoms with Crippen LogP contribution < -0.4 is 5.32 Å². The maximum absolute atomic E-state index is 13.1. The third-order valence-corrected chi connectivity index (χ3v) is 2.63. The number of aromatic nitrogens is 2. The number of hydrogen-bond donors (Lipinski definition) is 2. The molecular weight excluding hydrogens is 245 g/mol. The van der Waals surface area contributed by atoms with E-state index in [9.17, 15) is 9.18 Å². The van der Waals surface area contributed by atoms with Crippen molar-refractivity contribution in [2.24, 2.45) is 0 Å². The molecule has 5 nitrogen and oxygen atoms in total. The van der Waals surface area contributed by atoms with E-state index in [0.29, 0.717) is 12.2 Å². The van der Waals surface area contributed by atoms with Crippen molar-refractivity contribution in [1.82, 2.24) is 9.59 Å². The maximum Gasteiger partial charge on any atom is 0.338 e. The van der Waals surface area contributed by atoms with Crippen LogP contribution in [0.3, 0.4) is 0 Å². The highest BCUT2D eigenvalue weighted by atomic mass is 32.1. The smallest absolute Gasteiger partial charge is 0.338 e. The number of nitrogens with zero attached hydrogens (tertiary/aromatic N) is 2. The fraction of sp³-hybridized carbons (Fsp3) is 0.100. The molecule has 1 aromatic carbocycles. The number of hydrogen-bond acceptors (Lipinski definition) is 5. The van der Waals surface area contributed by atoms with Gasteiger partial charge in [0.25, 0.3) is 0 Å². The number of rotatable bonds is 4. The van der Waals surface area contributed by atoms with Gasteiger partial charge in [-0.1, -0.05) is 4.49 Å². The summed E-state index contributed by atoms with van der Waals surface area (Å²) in [4.78, 5) is 10.7. The molecule has 7 heteroatoms. The van der Waals surface area contributed by atoms with Gasteiger partial charge in [0.05, 0.1) is 17.8 Å². The molecule has 88 valence electrons. The van der Waals surface area contributed by atoms with Crippen LogP contribution in [-0.4, -0.2) is 20.7 Å². The van der Waals surface area contributed by atoms with Crippen molar-refractivity contribution < 1.29 is 14.3 Å². The van der Waals surface area contributed by atoms with Crippen LogP contribution in [0.5, 0.6) is 0 Å². The minimum Gasteiger partial charge on any atom is -0.478 e. The van der Waals surface area contributed by atoms with E-state index in [4.69, 9.17) is 5.11 Å². The van der Waals surface area contributed by atoms with E-state index in [1.165, 1.54) is 23.7 Å². The molecule has 0 aliphatic heterocycles. The van der Waals surface area contributed by atoms with Crippen LogP contribution in [-0.2, 0) is 6.54 Å². The van der Waals surface area contributed by atoms with Crippen molar-refractivity contribution in [2.75, 3.05) is 5.32 Å². The number of anilines is 1. The Morgan fingerprint density at radius 3 is 3.00 bits per heavy atom. The second-order valence-corrected chi connectivity index (χ2v) is 3.86. The van der Waals surface area contributed by atoms with Gasteiger partial charge >= 0.3 is 5.97 Å². The summed E-state index contributed by atoms with van der Waals surface area (Å²) in [7, 11) is 0. The number of carbonyl (C=O) groups is 1. The standard InChI is InChI=1S/C10H8FN3O2S/c11-9-2-1-6(3-8(9)10(15)16)12-4-7-5-17-14-13-7/h1-3,5,12H,4H2,(H,15,16). The van der Waals surface area contributed by atoms with Gasteiger partial charge in [-0.25, -0.2) is 9.18 Å². The fourth-order valence-electron chi connectivity index (χ4n) is 1.25. The molecule has 0 aliphatic carbocycles. The number of aromatic carboxylic acids is 1. The van der Waals surface area contributed by atoms with Crippen molar-refractivity contribution in [2.45, 2.75) is 6.54 Å². The molecule has 1 heterocycles. The maximum atomic E-state index is 13.1. The Balaban J connectivity index is 2.11. The van der Waals surface area contributed by atoms with Crippen LogP contribution in [0.4, 0.5) is 10.1 Å². The second kappa shape index (κ2) is 4.88. The molecule has 17 heavy (non-hydrogen) atoms. The van der Waals surface area contributed by atoms with E-state index >= 15 is 0 Å². The van der Waals surface area contributed by atoms with Crippen LogP contribution in [0.25, 0.3) is 0 Å². The quantitative estimate of drug-likeness (QED) is 0.871. The third-order valence-electron chi connectivity index (χ3n) is 2.08. The van der Waals surface area contributed by atoms with Gasteiger partial charge in [0.1, 0.15) is 5.82 Å². The van der Waals surface area contributed by atoms with E-state index in [0.717, 1.165) is 11.8 Å². The number of benzene rings is 1. The minimum absolute atomic E-state index is 0.355. The average Bonchev–Trinajstić information content (AvgIpc) is 2.80. The SMILES string of the molecule is O=C(O)c1cc(NCc2csnn2)ccc1F.